The number of hydrogen-bond acceptors (Lipinski definition) is 6. The predicted octanol–water partition coefficient (Wildman–Crippen LogP) is 2.76. The van der Waals surface area contributed by atoms with Crippen molar-refractivity contribution in [3.63, 3.8) is 0 Å². The van der Waals surface area contributed by atoms with Gasteiger partial charge in [0.15, 0.2) is 4.77 Å². The molecule has 4 aromatic rings. The first kappa shape index (κ1) is 18.3. The van der Waals surface area contributed by atoms with Gasteiger partial charge in [0.25, 0.3) is 5.91 Å². The molecule has 10 heteroatoms. The van der Waals surface area contributed by atoms with Gasteiger partial charge in [-0.3, -0.25) is 9.89 Å². The van der Waals surface area contributed by atoms with Crippen LogP contribution in [0.5, 0.6) is 0 Å². The van der Waals surface area contributed by atoms with E-state index in [-0.39, 0.29) is 5.91 Å². The van der Waals surface area contributed by atoms with Crippen LogP contribution in [-0.2, 0) is 13.5 Å². The quantitative estimate of drug-likeness (QED) is 0.476. The Hall–Kier alpha value is -3.11. The highest BCUT2D eigenvalue weighted by molar-refractivity contribution is 7.71. The largest absolute Gasteiger partial charge is 0.350 e. The molecule has 4 rings (SSSR count). The number of amides is 1. The Morgan fingerprint density at radius 1 is 1.32 bits per heavy atom. The molecule has 0 saturated heterocycles. The van der Waals surface area contributed by atoms with Crippen LogP contribution in [0, 0.1) is 4.77 Å². The fraction of sp³-hybridized carbons (Fsp3) is 0.167. The van der Waals surface area contributed by atoms with E-state index in [0.29, 0.717) is 23.4 Å². The molecule has 8 nitrogen and oxygen atoms in total. The molecule has 0 radical (unpaired) electrons. The van der Waals surface area contributed by atoms with Crippen molar-refractivity contribution in [2.75, 3.05) is 6.54 Å². The SMILES string of the molecule is Cn1c(CCNC(=O)c2csc(-c3cnn(-c4ccccc4)c3)n2)n[nH]c1=S. The molecule has 142 valence electrons. The van der Waals surface area contributed by atoms with E-state index >= 15 is 0 Å². The summed E-state index contributed by atoms with van der Waals surface area (Å²) in [5, 5.41) is 16.6. The fourth-order valence-corrected chi connectivity index (χ4v) is 3.57. The van der Waals surface area contributed by atoms with E-state index in [1.54, 1.807) is 20.8 Å². The van der Waals surface area contributed by atoms with E-state index < -0.39 is 0 Å². The predicted molar refractivity (Wildman–Crippen MR) is 109 cm³/mol. The molecule has 28 heavy (non-hydrogen) atoms. The molecule has 0 bridgehead atoms. The van der Waals surface area contributed by atoms with Crippen molar-refractivity contribution in [2.45, 2.75) is 6.42 Å². The monoisotopic (exact) mass is 411 g/mol. The van der Waals surface area contributed by atoms with E-state index in [4.69, 9.17) is 12.2 Å². The third kappa shape index (κ3) is 3.78. The summed E-state index contributed by atoms with van der Waals surface area (Å²) in [4.78, 5) is 16.8. The Balaban J connectivity index is 1.40. The van der Waals surface area contributed by atoms with Gasteiger partial charge < -0.3 is 9.88 Å². The highest BCUT2D eigenvalue weighted by Gasteiger charge is 2.13. The Kier molecular flexibility index (Phi) is 5.13. The molecule has 2 N–H and O–H groups in total. The summed E-state index contributed by atoms with van der Waals surface area (Å²) in [5.74, 6) is 0.576. The summed E-state index contributed by atoms with van der Waals surface area (Å²) in [6.07, 6.45) is 4.23. The third-order valence-corrected chi connectivity index (χ3v) is 5.45. The number of benzene rings is 1. The summed E-state index contributed by atoms with van der Waals surface area (Å²) >= 11 is 6.49. The van der Waals surface area contributed by atoms with Crippen LogP contribution < -0.4 is 5.32 Å². The molecule has 0 aliphatic heterocycles. The van der Waals surface area contributed by atoms with Gasteiger partial charge in [0.1, 0.15) is 16.5 Å². The van der Waals surface area contributed by atoms with Crippen LogP contribution in [0.2, 0.25) is 0 Å². The second-order valence-corrected chi connectivity index (χ2v) is 7.30. The third-order valence-electron chi connectivity index (χ3n) is 4.19. The van der Waals surface area contributed by atoms with Gasteiger partial charge in [-0.1, -0.05) is 18.2 Å². The zero-order chi connectivity index (χ0) is 19.5. The Morgan fingerprint density at radius 2 is 2.14 bits per heavy atom. The first-order valence-corrected chi connectivity index (χ1v) is 9.85. The smallest absolute Gasteiger partial charge is 0.270 e. The van der Waals surface area contributed by atoms with Gasteiger partial charge in [-0.2, -0.15) is 10.2 Å². The lowest BCUT2D eigenvalue weighted by atomic mass is 10.3. The number of para-hydroxylation sites is 1. The molecule has 3 heterocycles. The lowest BCUT2D eigenvalue weighted by Crippen LogP contribution is -2.26. The van der Waals surface area contributed by atoms with Gasteiger partial charge in [-0.15, -0.1) is 11.3 Å². The number of hydrogen-bond donors (Lipinski definition) is 2. The lowest BCUT2D eigenvalue weighted by molar-refractivity contribution is 0.0949. The maximum Gasteiger partial charge on any atom is 0.270 e. The minimum atomic E-state index is -0.213. The van der Waals surface area contributed by atoms with Gasteiger partial charge in [0.05, 0.1) is 11.9 Å². The van der Waals surface area contributed by atoms with Crippen molar-refractivity contribution in [2.24, 2.45) is 7.05 Å². The molecule has 1 aromatic carbocycles. The first-order chi connectivity index (χ1) is 13.6. The average molecular weight is 412 g/mol. The van der Waals surface area contributed by atoms with Gasteiger partial charge in [0.2, 0.25) is 0 Å². The molecule has 0 aliphatic carbocycles. The zero-order valence-corrected chi connectivity index (χ0v) is 16.6. The van der Waals surface area contributed by atoms with E-state index in [9.17, 15) is 4.79 Å². The molecule has 0 fully saturated rings. The van der Waals surface area contributed by atoms with E-state index in [0.717, 1.165) is 22.1 Å². The van der Waals surface area contributed by atoms with E-state index in [2.05, 4.69) is 25.6 Å². The van der Waals surface area contributed by atoms with Crippen LogP contribution in [0.25, 0.3) is 16.3 Å². The van der Waals surface area contributed by atoms with Crippen LogP contribution in [0.15, 0.2) is 48.1 Å². The Morgan fingerprint density at radius 3 is 2.89 bits per heavy atom. The van der Waals surface area contributed by atoms with Crippen molar-refractivity contribution < 1.29 is 4.79 Å². The number of H-pyrrole nitrogens is 1. The number of nitrogens with one attached hydrogen (secondary N) is 2. The fourth-order valence-electron chi connectivity index (χ4n) is 2.65. The van der Waals surface area contributed by atoms with Crippen LogP contribution in [-0.4, -0.2) is 42.0 Å². The summed E-state index contributed by atoms with van der Waals surface area (Å²) in [5.41, 5.74) is 2.23. The highest BCUT2D eigenvalue weighted by Crippen LogP contribution is 2.24. The van der Waals surface area contributed by atoms with Crippen LogP contribution in [0.4, 0.5) is 0 Å². The van der Waals surface area contributed by atoms with Gasteiger partial charge in [-0.05, 0) is 24.4 Å². The number of rotatable bonds is 6. The number of aromatic amines is 1. The normalized spacial score (nSPS) is 10.9. The maximum absolute atomic E-state index is 12.4. The van der Waals surface area contributed by atoms with Crippen molar-refractivity contribution in [3.05, 3.63) is 64.4 Å². The Labute approximate surface area is 169 Å². The van der Waals surface area contributed by atoms with Gasteiger partial charge in [0, 0.05) is 37.2 Å². The van der Waals surface area contributed by atoms with Crippen LogP contribution in [0.1, 0.15) is 16.3 Å². The van der Waals surface area contributed by atoms with E-state index in [1.165, 1.54) is 11.3 Å². The lowest BCUT2D eigenvalue weighted by Gasteiger charge is -2.02. The standard InChI is InChI=1S/C18H17N7OS2/c1-24-15(22-23-18(24)27)7-8-19-16(26)14-11-28-17(21-14)12-9-20-25(10-12)13-5-3-2-4-6-13/h2-6,9-11H,7-8H2,1H3,(H,19,26)(H,23,27). The number of thiazole rings is 1. The number of aromatic nitrogens is 6. The second kappa shape index (κ2) is 7.87. The molecule has 3 aromatic heterocycles. The molecular weight excluding hydrogens is 394 g/mol. The molecular formula is C18H17N7OS2. The van der Waals surface area contributed by atoms with Crippen molar-refractivity contribution in [1.82, 2.24) is 34.8 Å². The van der Waals surface area contributed by atoms with Crippen LogP contribution >= 0.6 is 23.6 Å². The van der Waals surface area contributed by atoms with Crippen molar-refractivity contribution in [1.29, 1.82) is 0 Å². The van der Waals surface area contributed by atoms with E-state index in [1.807, 2.05) is 43.6 Å². The molecule has 0 unspecified atom stereocenters. The summed E-state index contributed by atoms with van der Waals surface area (Å²) < 4.78 is 4.13. The van der Waals surface area contributed by atoms with Crippen LogP contribution in [0.3, 0.4) is 0 Å². The first-order valence-electron chi connectivity index (χ1n) is 8.56. The number of carbonyl (C=O) groups is 1. The molecule has 0 saturated carbocycles. The summed E-state index contributed by atoms with van der Waals surface area (Å²) in [6.45, 7) is 0.450. The highest BCUT2D eigenvalue weighted by atomic mass is 32.1. The summed E-state index contributed by atoms with van der Waals surface area (Å²) in [7, 11) is 1.84. The van der Waals surface area contributed by atoms with Gasteiger partial charge in [-0.25, -0.2) is 9.67 Å². The Bertz CT molecular complexity index is 1160. The molecule has 1 amide bonds. The van der Waals surface area contributed by atoms with Gasteiger partial charge >= 0.3 is 0 Å². The molecule has 0 atom stereocenters. The van der Waals surface area contributed by atoms with Crippen molar-refractivity contribution >= 4 is 29.5 Å². The minimum Gasteiger partial charge on any atom is -0.350 e. The zero-order valence-electron chi connectivity index (χ0n) is 15.0. The maximum atomic E-state index is 12.4. The number of carbonyl (C=O) groups excluding carboxylic acids is 1. The average Bonchev–Trinajstić information content (AvgIpc) is 3.45. The minimum absolute atomic E-state index is 0.213. The summed E-state index contributed by atoms with van der Waals surface area (Å²) in [6, 6.07) is 9.83. The van der Waals surface area contributed by atoms with Crippen molar-refractivity contribution in [3.8, 4) is 16.3 Å². The molecule has 0 aliphatic rings. The topological polar surface area (TPSA) is 93.4 Å². The second-order valence-electron chi connectivity index (χ2n) is 6.06. The molecule has 0 spiro atoms. The number of nitrogens with zero attached hydrogens (tertiary/aromatic N) is 5.